The molecule has 0 aromatic heterocycles. The number of rotatable bonds is 18. The van der Waals surface area contributed by atoms with E-state index in [1.807, 2.05) is 12.1 Å². The van der Waals surface area contributed by atoms with Crippen molar-refractivity contribution in [3.05, 3.63) is 42.5 Å². The summed E-state index contributed by atoms with van der Waals surface area (Å²) in [4.78, 5) is 0. The summed E-state index contributed by atoms with van der Waals surface area (Å²) in [7, 11) is -1.78. The van der Waals surface area contributed by atoms with Crippen LogP contribution in [0.5, 0.6) is 5.75 Å². The fourth-order valence-corrected chi connectivity index (χ4v) is 2.64. The average molecular weight is 476 g/mol. The lowest BCUT2D eigenvalue weighted by Gasteiger charge is -2.18. The molecule has 1 aromatic rings. The Morgan fingerprint density at radius 3 is 2.25 bits per heavy atom. The molecule has 0 bridgehead atoms. The molecule has 1 unspecified atom stereocenters. The quantitative estimate of drug-likeness (QED) is 0.147. The van der Waals surface area contributed by atoms with Gasteiger partial charge < -0.3 is 18.9 Å². The maximum absolute atomic E-state index is 9.65. The molecule has 1 atom stereocenters. The minimum atomic E-state index is -3.38. The summed E-state index contributed by atoms with van der Waals surface area (Å²) in [6.45, 7) is 7.50. The number of hydrogen-bond donors (Lipinski definition) is 1. The fourth-order valence-electron chi connectivity index (χ4n) is 2.64. The van der Waals surface area contributed by atoms with Crippen LogP contribution < -0.4 is 10.6 Å². The van der Waals surface area contributed by atoms with E-state index in [0.29, 0.717) is 19.8 Å². The van der Waals surface area contributed by atoms with E-state index in [4.69, 9.17) is 18.9 Å². The Balaban J connectivity index is 0.00000140. The van der Waals surface area contributed by atoms with Gasteiger partial charge in [0.05, 0.1) is 19.5 Å². The lowest BCUT2D eigenvalue weighted by atomic mass is 10.0. The van der Waals surface area contributed by atoms with E-state index >= 15 is 0 Å². The van der Waals surface area contributed by atoms with Crippen molar-refractivity contribution in [1.29, 1.82) is 0 Å². The van der Waals surface area contributed by atoms with Crippen LogP contribution in [-0.2, 0) is 35.0 Å². The lowest BCUT2D eigenvalue weighted by Crippen LogP contribution is -2.28. The first kappa shape index (κ1) is 30.5. The minimum absolute atomic E-state index is 0.169. The van der Waals surface area contributed by atoms with Gasteiger partial charge in [-0.15, -0.1) is 6.58 Å². The van der Waals surface area contributed by atoms with Gasteiger partial charge in [0.2, 0.25) is 0 Å². The molecule has 0 spiro atoms. The summed E-state index contributed by atoms with van der Waals surface area (Å²) in [5.41, 5.74) is 1.37. The number of methoxy groups -OCH3 is 1. The van der Waals surface area contributed by atoms with Crippen molar-refractivity contribution in [2.24, 2.45) is 5.90 Å². The first-order valence-corrected chi connectivity index (χ1v) is 12.8. The molecule has 32 heavy (non-hydrogen) atoms. The zero-order valence-corrected chi connectivity index (χ0v) is 20.6. The molecule has 8 nitrogen and oxygen atoms in total. The fraction of sp³-hybridized carbons (Fsp3) is 0.652. The maximum atomic E-state index is 9.65. The molecule has 0 radical (unpaired) electrons. The van der Waals surface area contributed by atoms with Gasteiger partial charge in [0.15, 0.2) is 0 Å². The van der Waals surface area contributed by atoms with Gasteiger partial charge >= 0.3 is 0 Å². The van der Waals surface area contributed by atoms with Crippen molar-refractivity contribution in [1.82, 2.24) is 0 Å². The Bertz CT molecular complexity index is 665. The molecule has 0 heterocycles. The third kappa shape index (κ3) is 19.2. The first-order valence-electron chi connectivity index (χ1n) is 11.0. The zero-order chi connectivity index (χ0) is 24.1. The van der Waals surface area contributed by atoms with Crippen LogP contribution >= 0.6 is 0 Å². The van der Waals surface area contributed by atoms with Crippen LogP contribution in [0.25, 0.3) is 0 Å². The molecule has 0 fully saturated rings. The first-order chi connectivity index (χ1) is 15.4. The number of ether oxygens (including phenoxy) is 4. The van der Waals surface area contributed by atoms with Crippen LogP contribution in [0.15, 0.2) is 36.9 Å². The van der Waals surface area contributed by atoms with Gasteiger partial charge in [0, 0.05) is 7.11 Å². The topological polar surface area (TPSA) is 106 Å². The Morgan fingerprint density at radius 1 is 1.06 bits per heavy atom. The maximum Gasteiger partial charge on any atom is 0.280 e. The van der Waals surface area contributed by atoms with Gasteiger partial charge in [0.25, 0.3) is 10.1 Å². The van der Waals surface area contributed by atoms with Crippen molar-refractivity contribution in [3.8, 4) is 5.75 Å². The van der Waals surface area contributed by atoms with Gasteiger partial charge in [-0.2, -0.15) is 18.6 Å². The zero-order valence-electron chi connectivity index (χ0n) is 19.8. The number of unbranched alkanes of at least 4 members (excludes halogenated alkanes) is 5. The largest absolute Gasteiger partial charge is 0.491 e. The highest BCUT2D eigenvalue weighted by atomic mass is 32.2. The summed E-state index contributed by atoms with van der Waals surface area (Å²) in [6.07, 6.45) is 11.5. The second-order valence-electron chi connectivity index (χ2n) is 7.29. The summed E-state index contributed by atoms with van der Waals surface area (Å²) in [5.74, 6) is 5.07. The molecule has 0 aliphatic heterocycles. The molecule has 186 valence electrons. The third-order valence-corrected chi connectivity index (χ3v) is 4.66. The molecule has 0 saturated heterocycles. The molecule has 9 heteroatoms. The summed E-state index contributed by atoms with van der Waals surface area (Å²) >= 11 is 0. The Kier molecular flexibility index (Phi) is 19.2. The van der Waals surface area contributed by atoms with Crippen LogP contribution in [0, 0.1) is 0 Å². The third-order valence-electron chi connectivity index (χ3n) is 4.31. The predicted octanol–water partition coefficient (Wildman–Crippen LogP) is 4.00. The van der Waals surface area contributed by atoms with Crippen molar-refractivity contribution in [2.45, 2.75) is 58.0 Å². The van der Waals surface area contributed by atoms with Crippen molar-refractivity contribution in [3.63, 3.8) is 0 Å². The minimum Gasteiger partial charge on any atom is -0.491 e. The molecule has 0 aliphatic carbocycles. The molecule has 1 aromatic carbocycles. The van der Waals surface area contributed by atoms with E-state index in [1.165, 1.54) is 44.1 Å². The summed E-state index contributed by atoms with van der Waals surface area (Å²) in [5, 5.41) is 0. The Labute approximate surface area is 194 Å². The van der Waals surface area contributed by atoms with E-state index in [9.17, 15) is 8.42 Å². The van der Waals surface area contributed by atoms with E-state index in [1.54, 1.807) is 13.2 Å². The second kappa shape index (κ2) is 20.1. The molecule has 0 aliphatic rings. The van der Waals surface area contributed by atoms with E-state index in [2.05, 4.69) is 35.8 Å². The molecule has 2 N–H and O–H groups in total. The van der Waals surface area contributed by atoms with Crippen LogP contribution in [0.4, 0.5) is 0 Å². The Morgan fingerprint density at radius 2 is 1.69 bits per heavy atom. The number of benzene rings is 1. The van der Waals surface area contributed by atoms with Crippen molar-refractivity contribution < 1.29 is 31.6 Å². The highest BCUT2D eigenvalue weighted by Gasteiger charge is 2.10. The van der Waals surface area contributed by atoms with Crippen LogP contribution in [0.3, 0.4) is 0 Å². The highest BCUT2D eigenvalue weighted by Crippen LogP contribution is 2.15. The van der Waals surface area contributed by atoms with Crippen molar-refractivity contribution >= 4 is 10.1 Å². The van der Waals surface area contributed by atoms with E-state index < -0.39 is 10.1 Å². The summed E-state index contributed by atoms with van der Waals surface area (Å²) in [6, 6.07) is 8.37. The van der Waals surface area contributed by atoms with E-state index in [-0.39, 0.29) is 12.9 Å². The van der Waals surface area contributed by atoms with Gasteiger partial charge in [-0.3, -0.25) is 0 Å². The predicted molar refractivity (Wildman–Crippen MR) is 127 cm³/mol. The van der Waals surface area contributed by atoms with Gasteiger partial charge in [0.1, 0.15) is 25.3 Å². The number of hydrogen-bond acceptors (Lipinski definition) is 8. The molecule has 0 saturated carbocycles. The number of nitrogens with two attached hydrogens (primary N) is 1. The second-order valence-corrected chi connectivity index (χ2v) is 8.90. The normalized spacial score (nSPS) is 12.0. The van der Waals surface area contributed by atoms with Crippen LogP contribution in [-0.4, -0.2) is 54.5 Å². The average Bonchev–Trinajstić information content (AvgIpc) is 2.78. The molecular weight excluding hydrogens is 434 g/mol. The number of aryl methyl sites for hydroxylation is 1. The SMILES string of the molecule is C=CCOCC(COc1ccc(CCCCCCCC)cc1)OCOC.CS(=O)(=O)ON. The Hall–Kier alpha value is -1.49. The lowest BCUT2D eigenvalue weighted by molar-refractivity contribution is -0.106. The molecular formula is C23H41NO7S. The van der Waals surface area contributed by atoms with Gasteiger partial charge in [-0.25, -0.2) is 0 Å². The highest BCUT2D eigenvalue weighted by molar-refractivity contribution is 7.85. The van der Waals surface area contributed by atoms with Gasteiger partial charge in [-0.05, 0) is 30.5 Å². The summed E-state index contributed by atoms with van der Waals surface area (Å²) < 4.78 is 44.5. The van der Waals surface area contributed by atoms with Crippen LogP contribution in [0.2, 0.25) is 0 Å². The standard InChI is InChI=1S/C22H36O4.CH5NO3S/c1-4-6-7-8-9-10-11-20-12-14-21(15-13-20)25-18-22(26-19-23-3)17-24-16-5-2;1-6(3,4)5-2/h5,12-15,22H,2,4,6-11,16-19H2,1,3H3;2H2,1H3. The molecule has 0 amide bonds. The monoisotopic (exact) mass is 475 g/mol. The van der Waals surface area contributed by atoms with Gasteiger partial charge in [-0.1, -0.05) is 57.2 Å². The smallest absolute Gasteiger partial charge is 0.280 e. The molecule has 1 rings (SSSR count). The van der Waals surface area contributed by atoms with Crippen molar-refractivity contribution in [2.75, 3.05) is 40.0 Å². The van der Waals surface area contributed by atoms with E-state index in [0.717, 1.165) is 18.4 Å². The van der Waals surface area contributed by atoms with Crippen LogP contribution in [0.1, 0.15) is 51.0 Å².